The van der Waals surface area contributed by atoms with Crippen LogP contribution < -0.4 is 0 Å². The molecular weight excluding hydrogens is 436 g/mol. The van der Waals surface area contributed by atoms with Crippen molar-refractivity contribution < 1.29 is 0 Å². The average molecular weight is 463 g/mol. The summed E-state index contributed by atoms with van der Waals surface area (Å²) in [6.07, 6.45) is 9.09. The van der Waals surface area contributed by atoms with E-state index in [1.165, 1.54) is 16.3 Å². The zero-order chi connectivity index (χ0) is 24.1. The van der Waals surface area contributed by atoms with Gasteiger partial charge in [-0.1, -0.05) is 122 Å². The summed E-state index contributed by atoms with van der Waals surface area (Å²) in [5, 5.41) is 2.44. The third kappa shape index (κ3) is 3.33. The third-order valence-electron chi connectivity index (χ3n) is 8.02. The first-order chi connectivity index (χ1) is 17.7. The van der Waals surface area contributed by atoms with Crippen LogP contribution >= 0.6 is 0 Å². The molecule has 2 aliphatic rings. The van der Waals surface area contributed by atoms with Gasteiger partial charge in [0.05, 0.1) is 11.4 Å². The molecule has 2 aliphatic carbocycles. The molecule has 1 aromatic heterocycles. The molecule has 1 heterocycles. The smallest absolute Gasteiger partial charge is 0.160 e. The molecule has 172 valence electrons. The molecule has 0 saturated heterocycles. The minimum absolute atomic E-state index is 0.149. The van der Waals surface area contributed by atoms with Gasteiger partial charge in [-0.15, -0.1) is 0 Å². The van der Waals surface area contributed by atoms with Gasteiger partial charge >= 0.3 is 0 Å². The molecule has 0 spiro atoms. The fourth-order valence-electron chi connectivity index (χ4n) is 5.90. The first kappa shape index (κ1) is 21.0. The third-order valence-corrected chi connectivity index (χ3v) is 8.02. The van der Waals surface area contributed by atoms with E-state index in [1.807, 2.05) is 6.07 Å². The number of fused-ring (bicyclic) bond motifs is 2. The van der Waals surface area contributed by atoms with Crippen molar-refractivity contribution in [3.8, 4) is 33.9 Å². The number of nitrogens with zero attached hydrogens (tertiary/aromatic N) is 2. The van der Waals surface area contributed by atoms with E-state index in [9.17, 15) is 0 Å². The molecule has 7 rings (SSSR count). The summed E-state index contributed by atoms with van der Waals surface area (Å²) in [5.74, 6) is 1.99. The van der Waals surface area contributed by atoms with Crippen molar-refractivity contribution in [2.45, 2.75) is 12.3 Å². The molecule has 4 aromatic carbocycles. The van der Waals surface area contributed by atoms with Gasteiger partial charge in [0.15, 0.2) is 5.82 Å². The van der Waals surface area contributed by atoms with Crippen molar-refractivity contribution in [3.05, 3.63) is 133 Å². The molecule has 3 atom stereocenters. The monoisotopic (exact) mass is 462 g/mol. The van der Waals surface area contributed by atoms with Crippen molar-refractivity contribution >= 4 is 10.8 Å². The second-order valence-corrected chi connectivity index (χ2v) is 9.96. The average Bonchev–Trinajstić information content (AvgIpc) is 3.58. The molecular formula is C34H26N2. The summed E-state index contributed by atoms with van der Waals surface area (Å²) in [5.41, 5.74) is 6.61. The first-order valence-corrected chi connectivity index (χ1v) is 12.6. The van der Waals surface area contributed by atoms with E-state index in [-0.39, 0.29) is 5.41 Å². The molecule has 0 amide bonds. The van der Waals surface area contributed by atoms with Crippen molar-refractivity contribution in [1.29, 1.82) is 0 Å². The highest BCUT2D eigenvalue weighted by atomic mass is 14.9. The maximum Gasteiger partial charge on any atom is 0.160 e. The number of aromatic nitrogens is 2. The lowest BCUT2D eigenvalue weighted by molar-refractivity contribution is 0.771. The fourth-order valence-corrected chi connectivity index (χ4v) is 5.90. The molecule has 0 aliphatic heterocycles. The van der Waals surface area contributed by atoms with Crippen LogP contribution in [0.2, 0.25) is 0 Å². The highest BCUT2D eigenvalue weighted by molar-refractivity contribution is 5.87. The van der Waals surface area contributed by atoms with E-state index in [0.29, 0.717) is 11.8 Å². The van der Waals surface area contributed by atoms with Gasteiger partial charge in [-0.25, -0.2) is 9.97 Å². The fraction of sp³-hybridized carbons (Fsp3) is 0.118. The lowest BCUT2D eigenvalue weighted by Gasteiger charge is -2.16. The summed E-state index contributed by atoms with van der Waals surface area (Å²) < 4.78 is 0. The zero-order valence-electron chi connectivity index (χ0n) is 20.2. The molecule has 0 bridgehead atoms. The topological polar surface area (TPSA) is 25.8 Å². The SMILES string of the molecule is CC1C2C=CC=CC12c1ccc(-c2nc(-c3ccccc3)cc(-c3ccc4ccccc4c3)n2)cc1. The summed E-state index contributed by atoms with van der Waals surface area (Å²) in [6.45, 7) is 2.35. The van der Waals surface area contributed by atoms with Crippen LogP contribution in [0.25, 0.3) is 44.7 Å². The Hall–Kier alpha value is -4.30. The van der Waals surface area contributed by atoms with E-state index >= 15 is 0 Å². The lowest BCUT2D eigenvalue weighted by atomic mass is 9.89. The molecule has 5 aromatic rings. The number of benzene rings is 4. The van der Waals surface area contributed by atoms with Gasteiger partial charge < -0.3 is 0 Å². The molecule has 1 saturated carbocycles. The van der Waals surface area contributed by atoms with Crippen LogP contribution in [0.4, 0.5) is 0 Å². The Balaban J connectivity index is 1.33. The number of rotatable bonds is 4. The van der Waals surface area contributed by atoms with Gasteiger partial charge in [-0.2, -0.15) is 0 Å². The van der Waals surface area contributed by atoms with Crippen LogP contribution in [0.5, 0.6) is 0 Å². The lowest BCUT2D eigenvalue weighted by Crippen LogP contribution is -2.08. The Morgan fingerprint density at radius 1 is 0.611 bits per heavy atom. The highest BCUT2D eigenvalue weighted by Gasteiger charge is 2.60. The molecule has 36 heavy (non-hydrogen) atoms. The predicted octanol–water partition coefficient (Wildman–Crippen LogP) is 8.26. The van der Waals surface area contributed by atoms with Gasteiger partial charge in [0.25, 0.3) is 0 Å². The molecule has 2 heteroatoms. The van der Waals surface area contributed by atoms with E-state index < -0.39 is 0 Å². The Morgan fingerprint density at radius 2 is 1.31 bits per heavy atom. The van der Waals surface area contributed by atoms with E-state index in [4.69, 9.17) is 9.97 Å². The van der Waals surface area contributed by atoms with Gasteiger partial charge in [-0.05, 0) is 40.3 Å². The quantitative estimate of drug-likeness (QED) is 0.269. The van der Waals surface area contributed by atoms with Crippen LogP contribution in [0.3, 0.4) is 0 Å². The van der Waals surface area contributed by atoms with Gasteiger partial charge in [0.2, 0.25) is 0 Å². The molecule has 0 N–H and O–H groups in total. The van der Waals surface area contributed by atoms with Crippen LogP contribution in [-0.2, 0) is 5.41 Å². The summed E-state index contributed by atoms with van der Waals surface area (Å²) in [7, 11) is 0. The Morgan fingerprint density at radius 3 is 2.08 bits per heavy atom. The summed E-state index contributed by atoms with van der Waals surface area (Å²) in [6, 6.07) is 36.4. The van der Waals surface area contributed by atoms with Crippen molar-refractivity contribution in [3.63, 3.8) is 0 Å². The Bertz CT molecular complexity index is 1650. The van der Waals surface area contributed by atoms with E-state index in [0.717, 1.165) is 33.9 Å². The van der Waals surface area contributed by atoms with Gasteiger partial charge in [0, 0.05) is 22.1 Å². The summed E-state index contributed by atoms with van der Waals surface area (Å²) >= 11 is 0. The van der Waals surface area contributed by atoms with Crippen molar-refractivity contribution in [2.75, 3.05) is 0 Å². The van der Waals surface area contributed by atoms with Crippen LogP contribution in [0.15, 0.2) is 127 Å². The van der Waals surface area contributed by atoms with Crippen LogP contribution in [0.1, 0.15) is 12.5 Å². The van der Waals surface area contributed by atoms with Crippen LogP contribution in [0, 0.1) is 11.8 Å². The van der Waals surface area contributed by atoms with Gasteiger partial charge in [-0.3, -0.25) is 0 Å². The molecule has 2 nitrogen and oxygen atoms in total. The largest absolute Gasteiger partial charge is 0.228 e. The van der Waals surface area contributed by atoms with E-state index in [1.54, 1.807) is 0 Å². The number of hydrogen-bond donors (Lipinski definition) is 0. The maximum atomic E-state index is 5.05. The van der Waals surface area contributed by atoms with Crippen molar-refractivity contribution in [2.24, 2.45) is 11.8 Å². The number of hydrogen-bond acceptors (Lipinski definition) is 2. The Kier molecular flexibility index (Phi) is 4.75. The predicted molar refractivity (Wildman–Crippen MR) is 148 cm³/mol. The number of allylic oxidation sites excluding steroid dienone is 4. The zero-order valence-corrected chi connectivity index (χ0v) is 20.2. The second kappa shape index (κ2) is 8.13. The minimum atomic E-state index is 0.149. The minimum Gasteiger partial charge on any atom is -0.228 e. The molecule has 0 radical (unpaired) electrons. The van der Waals surface area contributed by atoms with Crippen LogP contribution in [-0.4, -0.2) is 9.97 Å². The maximum absolute atomic E-state index is 5.05. The molecule has 3 unspecified atom stereocenters. The van der Waals surface area contributed by atoms with Crippen molar-refractivity contribution in [1.82, 2.24) is 9.97 Å². The van der Waals surface area contributed by atoms with E-state index in [2.05, 4.69) is 128 Å². The highest BCUT2D eigenvalue weighted by Crippen LogP contribution is 2.62. The Labute approximate surface area is 211 Å². The second-order valence-electron chi connectivity index (χ2n) is 9.96. The normalized spacial score (nSPS) is 21.9. The molecule has 1 fully saturated rings. The first-order valence-electron chi connectivity index (χ1n) is 12.6. The standard InChI is InChI=1S/C34H26N2/c1-23-30-13-7-8-20-34(23,30)29-18-16-26(17-19-29)33-35-31(25-10-3-2-4-11-25)22-32(36-33)28-15-14-24-9-5-6-12-27(24)21-28/h2-23,30H,1H3. The van der Waals surface area contributed by atoms with Gasteiger partial charge in [0.1, 0.15) is 0 Å². The summed E-state index contributed by atoms with van der Waals surface area (Å²) in [4.78, 5) is 10.1.